The molecule has 1 saturated heterocycles. The van der Waals surface area contributed by atoms with Crippen LogP contribution < -0.4 is 10.6 Å². The second-order valence-corrected chi connectivity index (χ2v) is 10.1. The molecule has 0 radical (unpaired) electrons. The van der Waals surface area contributed by atoms with Crippen molar-refractivity contribution in [3.63, 3.8) is 0 Å². The van der Waals surface area contributed by atoms with E-state index in [-0.39, 0.29) is 28.7 Å². The fraction of sp³-hybridized carbons (Fsp3) is 0.300. The van der Waals surface area contributed by atoms with Crippen LogP contribution >= 0.6 is 35.4 Å². The number of carbonyl (C=O) groups excluding carboxylic acids is 1. The molecule has 1 aliphatic heterocycles. The van der Waals surface area contributed by atoms with Crippen LogP contribution in [0, 0.1) is 6.92 Å². The highest BCUT2D eigenvalue weighted by Crippen LogP contribution is 2.22. The Hall–Kier alpha value is -1.75. The lowest BCUT2D eigenvalue weighted by atomic mass is 10.1. The fourth-order valence-corrected chi connectivity index (χ4v) is 5.07. The van der Waals surface area contributed by atoms with Gasteiger partial charge in [0.25, 0.3) is 5.91 Å². The number of thiocarbonyl (C=S) groups is 1. The van der Waals surface area contributed by atoms with Crippen molar-refractivity contribution in [3.05, 3.63) is 63.1 Å². The van der Waals surface area contributed by atoms with Gasteiger partial charge in [-0.25, -0.2) is 8.42 Å². The van der Waals surface area contributed by atoms with Crippen molar-refractivity contribution < 1.29 is 17.9 Å². The summed E-state index contributed by atoms with van der Waals surface area (Å²) in [6, 6.07) is 9.55. The van der Waals surface area contributed by atoms with Gasteiger partial charge in [-0.2, -0.15) is 4.31 Å². The first-order chi connectivity index (χ1) is 14.7. The highest BCUT2D eigenvalue weighted by atomic mass is 35.5. The number of sulfonamides is 1. The molecular weight excluding hydrogens is 481 g/mol. The minimum atomic E-state index is -3.72. The summed E-state index contributed by atoms with van der Waals surface area (Å²) in [5.74, 6) is -0.503. The maximum absolute atomic E-state index is 12.9. The molecule has 0 aromatic heterocycles. The molecular formula is C20H21Cl2N3O4S2. The minimum Gasteiger partial charge on any atom is -0.379 e. The van der Waals surface area contributed by atoms with Crippen LogP contribution in [0.5, 0.6) is 0 Å². The third kappa shape index (κ3) is 5.94. The molecule has 0 aliphatic carbocycles. The molecule has 0 spiro atoms. The molecule has 7 nitrogen and oxygen atoms in total. The van der Waals surface area contributed by atoms with E-state index < -0.39 is 15.9 Å². The largest absolute Gasteiger partial charge is 0.379 e. The van der Waals surface area contributed by atoms with Crippen LogP contribution in [0.4, 0.5) is 0 Å². The third-order valence-electron chi connectivity index (χ3n) is 4.74. The number of hydrogen-bond acceptors (Lipinski definition) is 5. The highest BCUT2D eigenvalue weighted by Gasteiger charge is 2.27. The van der Waals surface area contributed by atoms with E-state index in [9.17, 15) is 13.2 Å². The van der Waals surface area contributed by atoms with Crippen LogP contribution in [-0.4, -0.2) is 50.0 Å². The summed E-state index contributed by atoms with van der Waals surface area (Å²) in [4.78, 5) is 12.8. The van der Waals surface area contributed by atoms with Crippen LogP contribution in [0.2, 0.25) is 10.0 Å². The van der Waals surface area contributed by atoms with Crippen LogP contribution in [0.25, 0.3) is 0 Å². The Balaban J connectivity index is 1.69. The zero-order valence-corrected chi connectivity index (χ0v) is 19.8. The van der Waals surface area contributed by atoms with Gasteiger partial charge in [-0.3, -0.25) is 10.1 Å². The van der Waals surface area contributed by atoms with Gasteiger partial charge in [0.15, 0.2) is 5.11 Å². The van der Waals surface area contributed by atoms with E-state index in [0.29, 0.717) is 35.4 Å². The first-order valence-corrected chi connectivity index (χ1v) is 12.0. The number of carbonyl (C=O) groups is 1. The summed E-state index contributed by atoms with van der Waals surface area (Å²) in [6.45, 7) is 3.26. The molecule has 11 heteroatoms. The van der Waals surface area contributed by atoms with Gasteiger partial charge in [-0.1, -0.05) is 35.3 Å². The zero-order valence-electron chi connectivity index (χ0n) is 16.7. The third-order valence-corrected chi connectivity index (χ3v) is 7.47. The van der Waals surface area contributed by atoms with Crippen molar-refractivity contribution in [1.82, 2.24) is 14.9 Å². The average Bonchev–Trinajstić information content (AvgIpc) is 2.73. The van der Waals surface area contributed by atoms with E-state index in [1.54, 1.807) is 31.2 Å². The number of benzene rings is 2. The van der Waals surface area contributed by atoms with Gasteiger partial charge >= 0.3 is 0 Å². The second kappa shape index (κ2) is 10.2. The number of amides is 1. The van der Waals surface area contributed by atoms with E-state index >= 15 is 0 Å². The normalized spacial score (nSPS) is 14.8. The molecule has 0 atom stereocenters. The van der Waals surface area contributed by atoms with Gasteiger partial charge in [-0.05, 0) is 54.5 Å². The number of morpholine rings is 1. The average molecular weight is 502 g/mol. The molecule has 2 aromatic rings. The Morgan fingerprint density at radius 2 is 1.87 bits per heavy atom. The van der Waals surface area contributed by atoms with Crippen LogP contribution in [0.3, 0.4) is 0 Å². The molecule has 1 heterocycles. The first-order valence-electron chi connectivity index (χ1n) is 9.40. The number of hydrogen-bond donors (Lipinski definition) is 2. The van der Waals surface area contributed by atoms with Gasteiger partial charge in [0.1, 0.15) is 0 Å². The highest BCUT2D eigenvalue weighted by molar-refractivity contribution is 7.89. The van der Waals surface area contributed by atoms with E-state index in [2.05, 4.69) is 10.6 Å². The van der Waals surface area contributed by atoms with E-state index in [1.807, 2.05) is 0 Å². The summed E-state index contributed by atoms with van der Waals surface area (Å²) in [6.07, 6.45) is 0. The standard InChI is InChI=1S/C20H21Cl2N3O4S2/c1-13-2-5-16(31(27,28)25-6-8-29-9-7-25)11-17(13)19(26)24-20(30)23-12-14-3-4-15(21)10-18(14)22/h2-5,10-11H,6-9,12H2,1H3,(H2,23,24,26,30). The molecule has 0 unspecified atom stereocenters. The van der Waals surface area contributed by atoms with Crippen LogP contribution in [0.15, 0.2) is 41.3 Å². The van der Waals surface area contributed by atoms with Gasteiger partial charge in [-0.15, -0.1) is 0 Å². The Morgan fingerprint density at radius 1 is 1.16 bits per heavy atom. The molecule has 2 N–H and O–H groups in total. The van der Waals surface area contributed by atoms with Crippen molar-refractivity contribution >= 4 is 56.5 Å². The Kier molecular flexibility index (Phi) is 7.90. The van der Waals surface area contributed by atoms with Crippen molar-refractivity contribution in [2.75, 3.05) is 26.3 Å². The fourth-order valence-electron chi connectivity index (χ4n) is 3.00. The molecule has 0 bridgehead atoms. The molecule has 1 aliphatic rings. The first kappa shape index (κ1) is 23.9. The summed E-state index contributed by atoms with van der Waals surface area (Å²) in [7, 11) is -3.72. The maximum Gasteiger partial charge on any atom is 0.257 e. The lowest BCUT2D eigenvalue weighted by Gasteiger charge is -2.26. The second-order valence-electron chi connectivity index (χ2n) is 6.87. The summed E-state index contributed by atoms with van der Waals surface area (Å²) >= 11 is 17.2. The molecule has 166 valence electrons. The minimum absolute atomic E-state index is 0.0528. The quantitative estimate of drug-likeness (QED) is 0.611. The Labute approximate surface area is 196 Å². The molecule has 1 amide bonds. The Morgan fingerprint density at radius 3 is 2.55 bits per heavy atom. The monoisotopic (exact) mass is 501 g/mol. The van der Waals surface area contributed by atoms with Gasteiger partial charge in [0, 0.05) is 35.2 Å². The Bertz CT molecular complexity index is 1100. The summed E-state index contributed by atoms with van der Waals surface area (Å²) in [5.41, 5.74) is 1.61. The summed E-state index contributed by atoms with van der Waals surface area (Å²) in [5, 5.41) is 6.58. The van der Waals surface area contributed by atoms with Gasteiger partial charge in [0.2, 0.25) is 10.0 Å². The maximum atomic E-state index is 12.9. The number of nitrogens with one attached hydrogen (secondary N) is 2. The van der Waals surface area contributed by atoms with E-state index in [4.69, 9.17) is 40.2 Å². The van der Waals surface area contributed by atoms with Crippen molar-refractivity contribution in [2.24, 2.45) is 0 Å². The number of nitrogens with zero attached hydrogens (tertiary/aromatic N) is 1. The lowest BCUT2D eigenvalue weighted by Crippen LogP contribution is -2.41. The molecule has 0 saturated carbocycles. The smallest absolute Gasteiger partial charge is 0.257 e. The number of rotatable bonds is 5. The van der Waals surface area contributed by atoms with Crippen molar-refractivity contribution in [3.8, 4) is 0 Å². The number of halogens is 2. The van der Waals surface area contributed by atoms with Crippen molar-refractivity contribution in [1.29, 1.82) is 0 Å². The van der Waals surface area contributed by atoms with E-state index in [1.165, 1.54) is 16.4 Å². The summed E-state index contributed by atoms with van der Waals surface area (Å²) < 4.78 is 32.3. The van der Waals surface area contributed by atoms with Crippen LogP contribution in [-0.2, 0) is 21.3 Å². The molecule has 1 fully saturated rings. The number of aryl methyl sites for hydroxylation is 1. The SMILES string of the molecule is Cc1ccc(S(=O)(=O)N2CCOCC2)cc1C(=O)NC(=S)NCc1ccc(Cl)cc1Cl. The predicted molar refractivity (Wildman–Crippen MR) is 124 cm³/mol. The predicted octanol–water partition coefficient (Wildman–Crippen LogP) is 3.13. The van der Waals surface area contributed by atoms with Crippen molar-refractivity contribution in [2.45, 2.75) is 18.4 Å². The lowest BCUT2D eigenvalue weighted by molar-refractivity contribution is 0.0730. The van der Waals surface area contributed by atoms with Gasteiger partial charge in [0.05, 0.1) is 18.1 Å². The van der Waals surface area contributed by atoms with Crippen LogP contribution in [0.1, 0.15) is 21.5 Å². The van der Waals surface area contributed by atoms with E-state index in [0.717, 1.165) is 5.56 Å². The zero-order chi connectivity index (χ0) is 22.6. The molecule has 3 rings (SSSR count). The molecule has 2 aromatic carbocycles. The van der Waals surface area contributed by atoms with Gasteiger partial charge < -0.3 is 10.1 Å². The molecule has 31 heavy (non-hydrogen) atoms. The number of ether oxygens (including phenoxy) is 1. The topological polar surface area (TPSA) is 87.7 Å².